The number of hydrogen-bond donors (Lipinski definition) is 2. The number of fused-ring (bicyclic) bond motifs is 1. The Kier molecular flexibility index (Phi) is 6.25. The molecule has 3 aromatic rings. The highest BCUT2D eigenvalue weighted by atomic mass is 19.1. The van der Waals surface area contributed by atoms with E-state index in [-0.39, 0.29) is 17.4 Å². The average Bonchev–Trinajstić information content (AvgIpc) is 3.19. The number of H-pyrrole nitrogens is 1. The Balaban J connectivity index is 1.20. The molecule has 1 fully saturated rings. The van der Waals surface area contributed by atoms with Gasteiger partial charge in [-0.25, -0.2) is 13.8 Å². The number of likely N-dealkylation sites (tertiary alicyclic amines) is 1. The molecule has 1 aromatic heterocycles. The summed E-state index contributed by atoms with van der Waals surface area (Å²) in [4.78, 5) is 34.2. The molecular weight excluding hydrogens is 402 g/mol. The van der Waals surface area contributed by atoms with Gasteiger partial charge in [0.05, 0.1) is 16.6 Å². The maximum absolute atomic E-state index is 13.9. The van der Waals surface area contributed by atoms with Gasteiger partial charge in [0.1, 0.15) is 17.5 Å². The lowest BCUT2D eigenvalue weighted by Crippen LogP contribution is -2.43. The van der Waals surface area contributed by atoms with Gasteiger partial charge in [0.25, 0.3) is 5.91 Å². The first kappa shape index (κ1) is 21.0. The maximum Gasteiger partial charge on any atom is 0.256 e. The predicted molar refractivity (Wildman–Crippen MR) is 112 cm³/mol. The third-order valence-electron chi connectivity index (χ3n) is 5.64. The van der Waals surface area contributed by atoms with Crippen LogP contribution in [0.4, 0.5) is 8.78 Å². The van der Waals surface area contributed by atoms with Gasteiger partial charge in [0.2, 0.25) is 5.91 Å². The number of piperidine rings is 1. The number of imidazole rings is 1. The lowest BCUT2D eigenvalue weighted by Gasteiger charge is -2.31. The van der Waals surface area contributed by atoms with Crippen LogP contribution in [-0.4, -0.2) is 46.3 Å². The molecule has 8 heteroatoms. The number of para-hydroxylation sites is 2. The zero-order valence-electron chi connectivity index (χ0n) is 17.0. The molecule has 31 heavy (non-hydrogen) atoms. The van der Waals surface area contributed by atoms with Crippen molar-refractivity contribution >= 4 is 22.8 Å². The van der Waals surface area contributed by atoms with Crippen molar-refractivity contribution in [3.05, 3.63) is 65.5 Å². The van der Waals surface area contributed by atoms with Crippen molar-refractivity contribution in [1.29, 1.82) is 0 Å². The van der Waals surface area contributed by atoms with E-state index in [1.807, 2.05) is 24.3 Å². The summed E-state index contributed by atoms with van der Waals surface area (Å²) >= 11 is 0. The highest BCUT2D eigenvalue weighted by Gasteiger charge is 2.28. The standard InChI is InChI=1S/C23H24F2N4O2/c24-16-7-8-17(18(25)14-16)23(31)29-12-9-15(10-13-29)22(30)26-11-3-6-21-27-19-4-1-2-5-20(19)28-21/h1-2,4-5,7-8,14-15H,3,6,9-13H2,(H,26,30)(H,27,28). The molecule has 162 valence electrons. The smallest absolute Gasteiger partial charge is 0.256 e. The molecule has 0 atom stereocenters. The summed E-state index contributed by atoms with van der Waals surface area (Å²) in [5.74, 6) is -1.35. The number of aromatic nitrogens is 2. The van der Waals surface area contributed by atoms with E-state index in [1.54, 1.807) is 0 Å². The van der Waals surface area contributed by atoms with Crippen LogP contribution in [0.2, 0.25) is 0 Å². The van der Waals surface area contributed by atoms with Gasteiger partial charge in [-0.05, 0) is 43.5 Å². The molecule has 2 heterocycles. The zero-order chi connectivity index (χ0) is 21.8. The molecule has 0 aliphatic carbocycles. The normalized spacial score (nSPS) is 14.7. The zero-order valence-corrected chi connectivity index (χ0v) is 17.0. The summed E-state index contributed by atoms with van der Waals surface area (Å²) in [6.45, 7) is 1.29. The molecule has 2 amide bonds. The fourth-order valence-corrected chi connectivity index (χ4v) is 3.91. The van der Waals surface area contributed by atoms with Crippen molar-refractivity contribution in [1.82, 2.24) is 20.2 Å². The molecule has 0 unspecified atom stereocenters. The van der Waals surface area contributed by atoms with Crippen molar-refractivity contribution in [3.63, 3.8) is 0 Å². The Morgan fingerprint density at radius 2 is 1.90 bits per heavy atom. The molecule has 0 bridgehead atoms. The number of aryl methyl sites for hydroxylation is 1. The lowest BCUT2D eigenvalue weighted by atomic mass is 9.95. The van der Waals surface area contributed by atoms with E-state index < -0.39 is 17.5 Å². The highest BCUT2D eigenvalue weighted by Crippen LogP contribution is 2.21. The molecule has 0 spiro atoms. The van der Waals surface area contributed by atoms with Crippen LogP contribution in [-0.2, 0) is 11.2 Å². The Hall–Kier alpha value is -3.29. The van der Waals surface area contributed by atoms with Crippen LogP contribution in [0.25, 0.3) is 11.0 Å². The summed E-state index contributed by atoms with van der Waals surface area (Å²) in [5.41, 5.74) is 1.79. The number of amides is 2. The van der Waals surface area contributed by atoms with Gasteiger partial charge in [0.15, 0.2) is 0 Å². The third kappa shape index (κ3) is 4.90. The van der Waals surface area contributed by atoms with Crippen LogP contribution in [0, 0.1) is 17.6 Å². The minimum absolute atomic E-state index is 0.0235. The van der Waals surface area contributed by atoms with Gasteiger partial charge >= 0.3 is 0 Å². The molecule has 1 saturated heterocycles. The molecule has 0 saturated carbocycles. The van der Waals surface area contributed by atoms with Crippen molar-refractivity contribution in [3.8, 4) is 0 Å². The number of carbonyl (C=O) groups excluding carboxylic acids is 2. The summed E-state index contributed by atoms with van der Waals surface area (Å²) in [6.07, 6.45) is 2.55. The number of rotatable bonds is 6. The van der Waals surface area contributed by atoms with Gasteiger partial charge in [0, 0.05) is 38.0 Å². The fraction of sp³-hybridized carbons (Fsp3) is 0.348. The Morgan fingerprint density at radius 3 is 2.65 bits per heavy atom. The molecule has 4 rings (SSSR count). The van der Waals surface area contributed by atoms with Crippen LogP contribution in [0.3, 0.4) is 0 Å². The van der Waals surface area contributed by atoms with Crippen molar-refractivity contribution in [2.45, 2.75) is 25.7 Å². The van der Waals surface area contributed by atoms with Crippen LogP contribution in [0.5, 0.6) is 0 Å². The first-order valence-corrected chi connectivity index (χ1v) is 10.5. The molecule has 6 nitrogen and oxygen atoms in total. The second-order valence-electron chi connectivity index (χ2n) is 7.79. The largest absolute Gasteiger partial charge is 0.356 e. The number of nitrogens with one attached hydrogen (secondary N) is 2. The van der Waals surface area contributed by atoms with Crippen LogP contribution < -0.4 is 5.32 Å². The van der Waals surface area contributed by atoms with Crippen LogP contribution in [0.15, 0.2) is 42.5 Å². The van der Waals surface area contributed by atoms with Gasteiger partial charge < -0.3 is 15.2 Å². The number of halogens is 2. The van der Waals surface area contributed by atoms with Crippen molar-refractivity contribution in [2.75, 3.05) is 19.6 Å². The predicted octanol–water partition coefficient (Wildman–Crippen LogP) is 3.44. The fourth-order valence-electron chi connectivity index (χ4n) is 3.91. The second-order valence-corrected chi connectivity index (χ2v) is 7.79. The number of aromatic amines is 1. The molecule has 2 aromatic carbocycles. The topological polar surface area (TPSA) is 78.1 Å². The minimum atomic E-state index is -0.866. The Bertz CT molecular complexity index is 1060. The number of nitrogens with zero attached hydrogens (tertiary/aromatic N) is 2. The van der Waals surface area contributed by atoms with E-state index in [9.17, 15) is 18.4 Å². The quantitative estimate of drug-likeness (QED) is 0.593. The summed E-state index contributed by atoms with van der Waals surface area (Å²) in [7, 11) is 0. The first-order chi connectivity index (χ1) is 15.0. The lowest BCUT2D eigenvalue weighted by molar-refractivity contribution is -0.126. The van der Waals surface area contributed by atoms with Crippen molar-refractivity contribution < 1.29 is 18.4 Å². The summed E-state index contributed by atoms with van der Waals surface area (Å²) in [6, 6.07) is 10.8. The summed E-state index contributed by atoms with van der Waals surface area (Å²) < 4.78 is 26.9. The highest BCUT2D eigenvalue weighted by molar-refractivity contribution is 5.94. The van der Waals surface area contributed by atoms with E-state index in [0.717, 1.165) is 41.8 Å². The van der Waals surface area contributed by atoms with E-state index in [2.05, 4.69) is 15.3 Å². The number of benzene rings is 2. The monoisotopic (exact) mass is 426 g/mol. The summed E-state index contributed by atoms with van der Waals surface area (Å²) in [5, 5.41) is 2.96. The van der Waals surface area contributed by atoms with E-state index >= 15 is 0 Å². The maximum atomic E-state index is 13.9. The first-order valence-electron chi connectivity index (χ1n) is 10.5. The van der Waals surface area contributed by atoms with Gasteiger partial charge in [-0.2, -0.15) is 0 Å². The molecular formula is C23H24F2N4O2. The van der Waals surface area contributed by atoms with E-state index in [1.165, 1.54) is 4.90 Å². The third-order valence-corrected chi connectivity index (χ3v) is 5.64. The molecule has 2 N–H and O–H groups in total. The number of carbonyl (C=O) groups is 2. The van der Waals surface area contributed by atoms with Gasteiger partial charge in [-0.1, -0.05) is 12.1 Å². The average molecular weight is 426 g/mol. The second kappa shape index (κ2) is 9.24. The Morgan fingerprint density at radius 1 is 1.13 bits per heavy atom. The SMILES string of the molecule is O=C(NCCCc1nc2ccccc2[nH]1)C1CCN(C(=O)c2ccc(F)cc2F)CC1. The van der Waals surface area contributed by atoms with Crippen LogP contribution in [0.1, 0.15) is 35.4 Å². The van der Waals surface area contributed by atoms with Crippen molar-refractivity contribution in [2.24, 2.45) is 5.92 Å². The molecule has 1 aliphatic rings. The minimum Gasteiger partial charge on any atom is -0.356 e. The Labute approximate surface area is 178 Å². The van der Waals surface area contributed by atoms with Crippen LogP contribution >= 0.6 is 0 Å². The van der Waals surface area contributed by atoms with E-state index in [4.69, 9.17) is 0 Å². The molecule has 0 radical (unpaired) electrons. The molecule has 1 aliphatic heterocycles. The number of hydrogen-bond acceptors (Lipinski definition) is 3. The van der Waals surface area contributed by atoms with E-state index in [0.29, 0.717) is 38.5 Å². The van der Waals surface area contributed by atoms with Gasteiger partial charge in [-0.3, -0.25) is 9.59 Å². The van der Waals surface area contributed by atoms with Gasteiger partial charge in [-0.15, -0.1) is 0 Å².